The molecular formula is C29H22F3N3O2. The van der Waals surface area contributed by atoms with Crippen molar-refractivity contribution < 1.29 is 22.7 Å². The van der Waals surface area contributed by atoms with E-state index in [9.17, 15) is 18.0 Å². The number of nitrogens with one attached hydrogen (secondary N) is 1. The first-order valence-electron chi connectivity index (χ1n) is 11.5. The quantitative estimate of drug-likeness (QED) is 0.198. The molecule has 1 N–H and O–H groups in total. The molecule has 0 amide bonds. The number of aromatic nitrogens is 2. The van der Waals surface area contributed by atoms with Crippen molar-refractivity contribution in [3.05, 3.63) is 119 Å². The van der Waals surface area contributed by atoms with Gasteiger partial charge in [-0.05, 0) is 60.5 Å². The first kappa shape index (κ1) is 24.1. The predicted molar refractivity (Wildman–Crippen MR) is 136 cm³/mol. The molecular weight excluding hydrogens is 479 g/mol. The minimum Gasteiger partial charge on any atom is -0.423 e. The highest BCUT2D eigenvalue weighted by Crippen LogP contribution is 2.33. The summed E-state index contributed by atoms with van der Waals surface area (Å²) >= 11 is 0. The fourth-order valence-corrected chi connectivity index (χ4v) is 4.02. The van der Waals surface area contributed by atoms with Crippen molar-refractivity contribution in [2.75, 3.05) is 5.32 Å². The van der Waals surface area contributed by atoms with Crippen LogP contribution in [0.2, 0.25) is 0 Å². The molecule has 0 unspecified atom stereocenters. The summed E-state index contributed by atoms with van der Waals surface area (Å²) in [4.78, 5) is 17.5. The van der Waals surface area contributed by atoms with Crippen LogP contribution in [0, 0.1) is 6.92 Å². The summed E-state index contributed by atoms with van der Waals surface area (Å²) in [6, 6.07) is 24.7. The van der Waals surface area contributed by atoms with Crippen molar-refractivity contribution in [1.29, 1.82) is 0 Å². The van der Waals surface area contributed by atoms with Gasteiger partial charge in [0, 0.05) is 18.3 Å². The number of pyridine rings is 1. The fourth-order valence-electron chi connectivity index (χ4n) is 4.02. The lowest BCUT2D eigenvalue weighted by Gasteiger charge is -2.11. The highest BCUT2D eigenvalue weighted by Gasteiger charge is 2.30. The van der Waals surface area contributed by atoms with Crippen LogP contribution < -0.4 is 10.1 Å². The van der Waals surface area contributed by atoms with E-state index in [4.69, 9.17) is 9.72 Å². The zero-order chi connectivity index (χ0) is 26.0. The summed E-state index contributed by atoms with van der Waals surface area (Å²) in [6.45, 7) is 2.56. The minimum atomic E-state index is -4.48. The van der Waals surface area contributed by atoms with E-state index in [1.807, 2.05) is 66.1 Å². The molecule has 5 aromatic rings. The molecule has 5 rings (SSSR count). The molecule has 0 fully saturated rings. The molecule has 0 bridgehead atoms. The molecule has 0 aliphatic heterocycles. The Bertz CT molecular complexity index is 1560. The Morgan fingerprint density at radius 3 is 2.43 bits per heavy atom. The maximum absolute atomic E-state index is 12.8. The van der Waals surface area contributed by atoms with Crippen LogP contribution in [0.3, 0.4) is 0 Å². The summed E-state index contributed by atoms with van der Waals surface area (Å²) in [5.74, 6) is 0.290. The Morgan fingerprint density at radius 1 is 0.946 bits per heavy atom. The number of hydrogen-bond donors (Lipinski definition) is 1. The number of carbonyl (C=O) groups excluding carboxylic acids is 1. The van der Waals surface area contributed by atoms with Crippen LogP contribution in [-0.2, 0) is 12.7 Å². The number of ether oxygens (including phenoxy) is 1. The SMILES string of the molecule is Cc1cccn2c(NCc3ccccc3)c(-c3cccc(OC(=O)c4ccc(C(F)(F)F)cc4)c3)nc12. The summed E-state index contributed by atoms with van der Waals surface area (Å²) in [5, 5.41) is 3.48. The van der Waals surface area contributed by atoms with Crippen LogP contribution in [0.15, 0.2) is 97.2 Å². The van der Waals surface area contributed by atoms with Crippen LogP contribution in [0.25, 0.3) is 16.9 Å². The molecule has 0 radical (unpaired) electrons. The first-order chi connectivity index (χ1) is 17.8. The second kappa shape index (κ2) is 9.81. The van der Waals surface area contributed by atoms with Crippen molar-refractivity contribution in [3.8, 4) is 17.0 Å². The smallest absolute Gasteiger partial charge is 0.416 e. The van der Waals surface area contributed by atoms with Crippen LogP contribution in [-0.4, -0.2) is 15.4 Å². The predicted octanol–water partition coefficient (Wildman–Crippen LogP) is 7.16. The fraction of sp³-hybridized carbons (Fsp3) is 0.103. The lowest BCUT2D eigenvalue weighted by molar-refractivity contribution is -0.137. The Morgan fingerprint density at radius 2 is 1.70 bits per heavy atom. The number of aryl methyl sites for hydroxylation is 1. The van der Waals surface area contributed by atoms with E-state index < -0.39 is 17.7 Å². The summed E-state index contributed by atoms with van der Waals surface area (Å²) in [7, 11) is 0. The second-order valence-electron chi connectivity index (χ2n) is 8.53. The van der Waals surface area contributed by atoms with Gasteiger partial charge in [-0.3, -0.25) is 4.40 Å². The molecule has 37 heavy (non-hydrogen) atoms. The monoisotopic (exact) mass is 501 g/mol. The van der Waals surface area contributed by atoms with Gasteiger partial charge in [0.25, 0.3) is 0 Å². The second-order valence-corrected chi connectivity index (χ2v) is 8.53. The van der Waals surface area contributed by atoms with E-state index in [-0.39, 0.29) is 11.3 Å². The molecule has 0 aliphatic carbocycles. The lowest BCUT2D eigenvalue weighted by Crippen LogP contribution is -2.10. The number of rotatable bonds is 6. The normalized spacial score (nSPS) is 11.5. The van der Waals surface area contributed by atoms with Crippen LogP contribution in [0.5, 0.6) is 5.75 Å². The Kier molecular flexibility index (Phi) is 6.40. The first-order valence-corrected chi connectivity index (χ1v) is 11.5. The van der Waals surface area contributed by atoms with Gasteiger partial charge in [-0.15, -0.1) is 0 Å². The van der Waals surface area contributed by atoms with Crippen molar-refractivity contribution >= 4 is 17.4 Å². The van der Waals surface area contributed by atoms with Crippen LogP contribution in [0.1, 0.15) is 27.0 Å². The van der Waals surface area contributed by atoms with E-state index in [2.05, 4.69) is 5.32 Å². The molecule has 186 valence electrons. The van der Waals surface area contributed by atoms with Gasteiger partial charge in [-0.1, -0.05) is 48.5 Å². The third-order valence-corrected chi connectivity index (χ3v) is 5.91. The highest BCUT2D eigenvalue weighted by atomic mass is 19.4. The van der Waals surface area contributed by atoms with Gasteiger partial charge in [0.2, 0.25) is 0 Å². The molecule has 8 heteroatoms. The zero-order valence-corrected chi connectivity index (χ0v) is 19.8. The third-order valence-electron chi connectivity index (χ3n) is 5.91. The van der Waals surface area contributed by atoms with E-state index in [1.165, 1.54) is 0 Å². The molecule has 0 atom stereocenters. The Hall–Kier alpha value is -4.59. The number of halogens is 3. The van der Waals surface area contributed by atoms with Crippen molar-refractivity contribution in [2.45, 2.75) is 19.6 Å². The third kappa shape index (κ3) is 5.18. The number of fused-ring (bicyclic) bond motifs is 1. The van der Waals surface area contributed by atoms with Crippen molar-refractivity contribution in [2.24, 2.45) is 0 Å². The minimum absolute atomic E-state index is 0.0203. The molecule has 0 saturated carbocycles. The van der Waals surface area contributed by atoms with Gasteiger partial charge < -0.3 is 10.1 Å². The number of alkyl halides is 3. The number of nitrogens with zero attached hydrogens (tertiary/aromatic N) is 2. The topological polar surface area (TPSA) is 55.6 Å². The molecule has 2 aromatic heterocycles. The average molecular weight is 502 g/mol. The summed E-state index contributed by atoms with van der Waals surface area (Å²) in [5.41, 5.74) is 3.49. The molecule has 5 nitrogen and oxygen atoms in total. The van der Waals surface area contributed by atoms with Gasteiger partial charge in [0.15, 0.2) is 0 Å². The summed E-state index contributed by atoms with van der Waals surface area (Å²) in [6.07, 6.45) is -2.55. The number of carbonyl (C=O) groups is 1. The van der Waals surface area contributed by atoms with Crippen LogP contribution in [0.4, 0.5) is 19.0 Å². The van der Waals surface area contributed by atoms with Crippen molar-refractivity contribution in [3.63, 3.8) is 0 Å². The van der Waals surface area contributed by atoms with E-state index in [0.29, 0.717) is 12.2 Å². The van der Waals surface area contributed by atoms with Gasteiger partial charge in [-0.2, -0.15) is 13.2 Å². The number of esters is 1. The van der Waals surface area contributed by atoms with Crippen LogP contribution >= 0.6 is 0 Å². The summed E-state index contributed by atoms with van der Waals surface area (Å²) < 4.78 is 46.0. The van der Waals surface area contributed by atoms with E-state index in [1.54, 1.807) is 18.2 Å². The largest absolute Gasteiger partial charge is 0.423 e. The Labute approximate surface area is 211 Å². The average Bonchev–Trinajstić information content (AvgIpc) is 3.28. The maximum atomic E-state index is 12.8. The van der Waals surface area contributed by atoms with Gasteiger partial charge in [0.1, 0.15) is 22.9 Å². The van der Waals surface area contributed by atoms with E-state index >= 15 is 0 Å². The highest BCUT2D eigenvalue weighted by molar-refractivity contribution is 5.91. The zero-order valence-electron chi connectivity index (χ0n) is 19.8. The molecule has 2 heterocycles. The van der Waals surface area contributed by atoms with Gasteiger partial charge in [-0.25, -0.2) is 9.78 Å². The molecule has 0 saturated heterocycles. The Balaban J connectivity index is 1.44. The number of anilines is 1. The van der Waals surface area contributed by atoms with Gasteiger partial charge >= 0.3 is 12.1 Å². The maximum Gasteiger partial charge on any atom is 0.416 e. The van der Waals surface area contributed by atoms with E-state index in [0.717, 1.165) is 52.4 Å². The molecule has 0 spiro atoms. The standard InChI is InChI=1S/C29H22F3N3O2/c1-19-7-6-16-35-26(19)34-25(27(35)33-18-20-8-3-2-4-9-20)22-10-5-11-24(17-22)37-28(36)21-12-14-23(15-13-21)29(30,31)32/h2-17,33H,18H2,1H3. The number of imidazole rings is 1. The number of benzene rings is 3. The van der Waals surface area contributed by atoms with Crippen molar-refractivity contribution in [1.82, 2.24) is 9.38 Å². The number of hydrogen-bond acceptors (Lipinski definition) is 4. The molecule has 3 aromatic carbocycles. The molecule has 0 aliphatic rings. The van der Waals surface area contributed by atoms with Gasteiger partial charge in [0.05, 0.1) is 11.1 Å². The lowest BCUT2D eigenvalue weighted by atomic mass is 10.1.